The van der Waals surface area contributed by atoms with Gasteiger partial charge in [0.2, 0.25) is 5.91 Å². The van der Waals surface area contributed by atoms with Crippen molar-refractivity contribution in [1.29, 1.82) is 0 Å². The molecular weight excluding hydrogens is 219 g/mol. The molecule has 1 unspecified atom stereocenters. The van der Waals surface area contributed by atoms with Crippen molar-refractivity contribution in [1.82, 2.24) is 0 Å². The van der Waals surface area contributed by atoms with Crippen molar-refractivity contribution in [3.63, 3.8) is 0 Å². The SMILES string of the molecule is CC(C)C(C)C(=O)Nc1ccc(F)c(CN)c1. The minimum Gasteiger partial charge on any atom is -0.326 e. The Morgan fingerprint density at radius 2 is 2.06 bits per heavy atom. The maximum absolute atomic E-state index is 13.2. The second-order valence-corrected chi connectivity index (χ2v) is 4.53. The fraction of sp³-hybridized carbons (Fsp3) is 0.462. The van der Waals surface area contributed by atoms with Gasteiger partial charge in [0.15, 0.2) is 0 Å². The van der Waals surface area contributed by atoms with Crippen LogP contribution in [0.4, 0.5) is 10.1 Å². The van der Waals surface area contributed by atoms with Crippen molar-refractivity contribution in [3.8, 4) is 0 Å². The van der Waals surface area contributed by atoms with Crippen LogP contribution in [0.15, 0.2) is 18.2 Å². The highest BCUT2D eigenvalue weighted by Crippen LogP contribution is 2.17. The van der Waals surface area contributed by atoms with Crippen LogP contribution in [-0.2, 0) is 11.3 Å². The van der Waals surface area contributed by atoms with Gasteiger partial charge in [0, 0.05) is 23.7 Å². The van der Waals surface area contributed by atoms with Gasteiger partial charge in [-0.1, -0.05) is 20.8 Å². The van der Waals surface area contributed by atoms with Gasteiger partial charge in [0.1, 0.15) is 5.82 Å². The number of amides is 1. The Labute approximate surface area is 101 Å². The number of hydrogen-bond donors (Lipinski definition) is 2. The fourth-order valence-corrected chi connectivity index (χ4v) is 1.37. The van der Waals surface area contributed by atoms with Crippen LogP contribution >= 0.6 is 0 Å². The minimum absolute atomic E-state index is 0.0606. The van der Waals surface area contributed by atoms with Gasteiger partial charge in [0.05, 0.1) is 0 Å². The van der Waals surface area contributed by atoms with E-state index < -0.39 is 0 Å². The second-order valence-electron chi connectivity index (χ2n) is 4.53. The van der Waals surface area contributed by atoms with Crippen LogP contribution in [0.25, 0.3) is 0 Å². The van der Waals surface area contributed by atoms with E-state index in [4.69, 9.17) is 5.73 Å². The predicted molar refractivity (Wildman–Crippen MR) is 66.9 cm³/mol. The predicted octanol–water partition coefficient (Wildman–Crippen LogP) is 2.51. The molecule has 0 fully saturated rings. The van der Waals surface area contributed by atoms with Crippen molar-refractivity contribution in [3.05, 3.63) is 29.6 Å². The molecule has 0 aliphatic rings. The molecule has 1 rings (SSSR count). The van der Waals surface area contributed by atoms with Crippen molar-refractivity contribution in [2.24, 2.45) is 17.6 Å². The molecule has 0 aliphatic heterocycles. The van der Waals surface area contributed by atoms with Crippen LogP contribution in [0.5, 0.6) is 0 Å². The summed E-state index contributed by atoms with van der Waals surface area (Å²) in [5.41, 5.74) is 6.40. The van der Waals surface area contributed by atoms with E-state index in [1.165, 1.54) is 6.07 Å². The van der Waals surface area contributed by atoms with Crippen molar-refractivity contribution in [2.45, 2.75) is 27.3 Å². The lowest BCUT2D eigenvalue weighted by Crippen LogP contribution is -2.24. The van der Waals surface area contributed by atoms with E-state index in [1.807, 2.05) is 20.8 Å². The van der Waals surface area contributed by atoms with Gasteiger partial charge >= 0.3 is 0 Å². The highest BCUT2D eigenvalue weighted by atomic mass is 19.1. The Balaban J connectivity index is 2.78. The highest BCUT2D eigenvalue weighted by Gasteiger charge is 2.16. The average Bonchev–Trinajstić information content (AvgIpc) is 2.30. The summed E-state index contributed by atoms with van der Waals surface area (Å²) in [7, 11) is 0. The lowest BCUT2D eigenvalue weighted by atomic mass is 9.97. The Morgan fingerprint density at radius 3 is 2.59 bits per heavy atom. The molecule has 0 bridgehead atoms. The van der Waals surface area contributed by atoms with E-state index in [-0.39, 0.29) is 30.1 Å². The Morgan fingerprint density at radius 1 is 1.41 bits per heavy atom. The molecular formula is C13H19FN2O. The molecule has 4 heteroatoms. The van der Waals surface area contributed by atoms with Crippen LogP contribution in [0.3, 0.4) is 0 Å². The zero-order chi connectivity index (χ0) is 13.0. The van der Waals surface area contributed by atoms with Gasteiger partial charge < -0.3 is 11.1 Å². The van der Waals surface area contributed by atoms with Gasteiger partial charge in [-0.25, -0.2) is 4.39 Å². The molecule has 1 aromatic carbocycles. The summed E-state index contributed by atoms with van der Waals surface area (Å²) in [6.07, 6.45) is 0. The molecule has 1 atom stereocenters. The number of anilines is 1. The molecule has 0 heterocycles. The van der Waals surface area contributed by atoms with Gasteiger partial charge in [-0.2, -0.15) is 0 Å². The molecule has 0 saturated carbocycles. The quantitative estimate of drug-likeness (QED) is 0.846. The molecule has 94 valence electrons. The zero-order valence-corrected chi connectivity index (χ0v) is 10.5. The van der Waals surface area contributed by atoms with E-state index in [0.717, 1.165) is 0 Å². The van der Waals surface area contributed by atoms with Crippen molar-refractivity contribution < 1.29 is 9.18 Å². The van der Waals surface area contributed by atoms with Gasteiger partial charge in [-0.05, 0) is 24.1 Å². The second kappa shape index (κ2) is 5.77. The first-order valence-electron chi connectivity index (χ1n) is 5.75. The van der Waals surface area contributed by atoms with E-state index in [0.29, 0.717) is 11.3 Å². The molecule has 1 amide bonds. The molecule has 0 aliphatic carbocycles. The third kappa shape index (κ3) is 3.53. The average molecular weight is 238 g/mol. The highest BCUT2D eigenvalue weighted by molar-refractivity contribution is 5.92. The number of nitrogens with one attached hydrogen (secondary N) is 1. The van der Waals surface area contributed by atoms with E-state index in [9.17, 15) is 9.18 Å². The van der Waals surface area contributed by atoms with E-state index in [2.05, 4.69) is 5.32 Å². The first-order valence-corrected chi connectivity index (χ1v) is 5.75. The third-order valence-electron chi connectivity index (χ3n) is 2.95. The minimum atomic E-state index is -0.345. The lowest BCUT2D eigenvalue weighted by Gasteiger charge is -2.15. The van der Waals surface area contributed by atoms with Crippen LogP contribution in [-0.4, -0.2) is 5.91 Å². The molecule has 17 heavy (non-hydrogen) atoms. The fourth-order valence-electron chi connectivity index (χ4n) is 1.37. The maximum Gasteiger partial charge on any atom is 0.227 e. The monoisotopic (exact) mass is 238 g/mol. The summed E-state index contributed by atoms with van der Waals surface area (Å²) in [4.78, 5) is 11.8. The summed E-state index contributed by atoms with van der Waals surface area (Å²) in [5, 5.41) is 2.76. The summed E-state index contributed by atoms with van der Waals surface area (Å²) in [6.45, 7) is 5.96. The molecule has 1 aromatic rings. The lowest BCUT2D eigenvalue weighted by molar-refractivity contribution is -0.120. The Kier molecular flexibility index (Phi) is 4.63. The topological polar surface area (TPSA) is 55.1 Å². The number of carbonyl (C=O) groups is 1. The maximum atomic E-state index is 13.2. The summed E-state index contributed by atoms with van der Waals surface area (Å²) in [5.74, 6) is -0.220. The summed E-state index contributed by atoms with van der Waals surface area (Å²) >= 11 is 0. The van der Waals surface area contributed by atoms with Crippen molar-refractivity contribution in [2.75, 3.05) is 5.32 Å². The molecule has 0 spiro atoms. The Bertz CT molecular complexity index is 404. The van der Waals surface area contributed by atoms with Gasteiger partial charge in [-0.15, -0.1) is 0 Å². The number of hydrogen-bond acceptors (Lipinski definition) is 2. The molecule has 0 saturated heterocycles. The first kappa shape index (κ1) is 13.6. The van der Waals surface area contributed by atoms with Crippen LogP contribution in [0.1, 0.15) is 26.3 Å². The Hall–Kier alpha value is -1.42. The standard InChI is InChI=1S/C13H19FN2O/c1-8(2)9(3)13(17)16-11-4-5-12(14)10(6-11)7-15/h4-6,8-9H,7,15H2,1-3H3,(H,16,17). The molecule has 0 aromatic heterocycles. The van der Waals surface area contributed by atoms with E-state index >= 15 is 0 Å². The number of halogens is 1. The number of carbonyl (C=O) groups excluding carboxylic acids is 1. The van der Waals surface area contributed by atoms with E-state index in [1.54, 1.807) is 12.1 Å². The normalized spacial score (nSPS) is 12.6. The third-order valence-corrected chi connectivity index (χ3v) is 2.95. The molecule has 3 nitrogen and oxygen atoms in total. The van der Waals surface area contributed by atoms with Crippen molar-refractivity contribution >= 4 is 11.6 Å². The summed E-state index contributed by atoms with van der Waals surface area (Å²) in [6, 6.07) is 4.43. The number of nitrogens with two attached hydrogens (primary N) is 1. The number of rotatable bonds is 4. The molecule has 0 radical (unpaired) electrons. The molecule has 3 N–H and O–H groups in total. The zero-order valence-electron chi connectivity index (χ0n) is 10.5. The van der Waals surface area contributed by atoms with Crippen LogP contribution in [0, 0.1) is 17.7 Å². The first-order chi connectivity index (χ1) is 7.95. The van der Waals surface area contributed by atoms with Crippen LogP contribution in [0.2, 0.25) is 0 Å². The number of benzene rings is 1. The smallest absolute Gasteiger partial charge is 0.227 e. The van der Waals surface area contributed by atoms with Crippen LogP contribution < -0.4 is 11.1 Å². The summed E-state index contributed by atoms with van der Waals surface area (Å²) < 4.78 is 13.2. The largest absolute Gasteiger partial charge is 0.326 e. The van der Waals surface area contributed by atoms with Gasteiger partial charge in [0.25, 0.3) is 0 Å². The van der Waals surface area contributed by atoms with Gasteiger partial charge in [-0.3, -0.25) is 4.79 Å².